The molecule has 0 unspecified atom stereocenters. The molecule has 0 radical (unpaired) electrons. The van der Waals surface area contributed by atoms with Gasteiger partial charge in [0.1, 0.15) is 0 Å². The molecule has 2 rings (SSSR count). The number of nitro groups is 1. The van der Waals surface area contributed by atoms with Gasteiger partial charge in [0.25, 0.3) is 11.6 Å². The summed E-state index contributed by atoms with van der Waals surface area (Å²) in [5.41, 5.74) is -0.450. The Kier molecular flexibility index (Phi) is 2.57. The quantitative estimate of drug-likeness (QED) is 0.611. The van der Waals surface area contributed by atoms with Crippen molar-refractivity contribution in [3.63, 3.8) is 0 Å². The summed E-state index contributed by atoms with van der Waals surface area (Å²) in [6, 6.07) is 5.04. The van der Waals surface area contributed by atoms with Crippen molar-refractivity contribution in [2.24, 2.45) is 0 Å². The third-order valence-corrected chi connectivity index (χ3v) is 2.19. The van der Waals surface area contributed by atoms with Crippen LogP contribution >= 0.6 is 0 Å². The molecule has 1 N–H and O–H groups in total. The van der Waals surface area contributed by atoms with Crippen LogP contribution in [0.5, 0.6) is 0 Å². The number of aromatic nitrogens is 2. The van der Waals surface area contributed by atoms with Crippen LogP contribution < -0.4 is 5.69 Å². The molecule has 0 saturated carbocycles. The standard InChI is InChI=1S/C10H7N3O4/c14-9(12-6-5-11-10(12)15)7-1-3-8(4-2-7)13(16)17/h1-6H,(H,11,15). The highest BCUT2D eigenvalue weighted by molar-refractivity contribution is 5.95. The van der Waals surface area contributed by atoms with E-state index in [1.807, 2.05) is 0 Å². The van der Waals surface area contributed by atoms with E-state index in [0.29, 0.717) is 0 Å². The van der Waals surface area contributed by atoms with Gasteiger partial charge >= 0.3 is 5.69 Å². The van der Waals surface area contributed by atoms with Gasteiger partial charge in [-0.1, -0.05) is 0 Å². The summed E-state index contributed by atoms with van der Waals surface area (Å²) in [4.78, 5) is 35.2. The van der Waals surface area contributed by atoms with E-state index in [9.17, 15) is 19.7 Å². The van der Waals surface area contributed by atoms with Crippen LogP contribution in [0.1, 0.15) is 10.4 Å². The van der Waals surface area contributed by atoms with E-state index >= 15 is 0 Å². The van der Waals surface area contributed by atoms with E-state index in [0.717, 1.165) is 4.57 Å². The van der Waals surface area contributed by atoms with E-state index in [1.54, 1.807) is 0 Å². The Balaban J connectivity index is 2.36. The molecule has 0 saturated heterocycles. The van der Waals surface area contributed by atoms with Crippen LogP contribution in [-0.4, -0.2) is 20.4 Å². The number of nitrogens with zero attached hydrogens (tertiary/aromatic N) is 2. The highest BCUT2D eigenvalue weighted by Crippen LogP contribution is 2.12. The molecule has 0 atom stereocenters. The number of carbonyl (C=O) groups is 1. The van der Waals surface area contributed by atoms with E-state index in [-0.39, 0.29) is 11.3 Å². The molecule has 86 valence electrons. The summed E-state index contributed by atoms with van der Waals surface area (Å²) in [5, 5.41) is 10.4. The van der Waals surface area contributed by atoms with Crippen molar-refractivity contribution in [1.82, 2.24) is 9.55 Å². The number of carbonyl (C=O) groups excluding carboxylic acids is 1. The molecule has 0 amide bonds. The monoisotopic (exact) mass is 233 g/mol. The number of nitrogens with one attached hydrogen (secondary N) is 1. The van der Waals surface area contributed by atoms with Gasteiger partial charge in [0, 0.05) is 30.1 Å². The SMILES string of the molecule is O=C(c1ccc([N+](=O)[O-])cc1)n1cc[nH]c1=O. The zero-order chi connectivity index (χ0) is 12.4. The van der Waals surface area contributed by atoms with Gasteiger partial charge in [-0.15, -0.1) is 0 Å². The largest absolute Gasteiger partial charge is 0.332 e. The molecule has 0 fully saturated rings. The number of hydrogen-bond acceptors (Lipinski definition) is 4. The van der Waals surface area contributed by atoms with Crippen LogP contribution in [0.15, 0.2) is 41.5 Å². The summed E-state index contributed by atoms with van der Waals surface area (Å²) >= 11 is 0. The number of hydrogen-bond donors (Lipinski definition) is 1. The summed E-state index contributed by atoms with van der Waals surface area (Å²) in [6.45, 7) is 0. The van der Waals surface area contributed by atoms with E-state index in [2.05, 4.69) is 4.98 Å². The first-order valence-corrected chi connectivity index (χ1v) is 4.65. The van der Waals surface area contributed by atoms with Gasteiger partial charge in [0.05, 0.1) is 4.92 Å². The van der Waals surface area contributed by atoms with Crippen molar-refractivity contribution in [3.05, 3.63) is 62.8 Å². The van der Waals surface area contributed by atoms with Gasteiger partial charge in [-0.2, -0.15) is 0 Å². The maximum atomic E-state index is 11.8. The van der Waals surface area contributed by atoms with Crippen molar-refractivity contribution in [2.75, 3.05) is 0 Å². The third kappa shape index (κ3) is 1.98. The number of benzene rings is 1. The van der Waals surface area contributed by atoms with Crippen LogP contribution in [0.2, 0.25) is 0 Å². The molecule has 7 heteroatoms. The molecule has 1 aromatic heterocycles. The van der Waals surface area contributed by atoms with Crippen LogP contribution in [0.3, 0.4) is 0 Å². The maximum Gasteiger partial charge on any atom is 0.332 e. The lowest BCUT2D eigenvalue weighted by atomic mass is 10.2. The second kappa shape index (κ2) is 4.05. The Bertz CT molecular complexity index is 624. The molecule has 7 nitrogen and oxygen atoms in total. The average molecular weight is 233 g/mol. The molecule has 0 bridgehead atoms. The van der Waals surface area contributed by atoms with Gasteiger partial charge < -0.3 is 4.98 Å². The van der Waals surface area contributed by atoms with Crippen molar-refractivity contribution in [3.8, 4) is 0 Å². The zero-order valence-electron chi connectivity index (χ0n) is 8.49. The summed E-state index contributed by atoms with van der Waals surface area (Å²) in [6.07, 6.45) is 2.64. The molecule has 0 aliphatic carbocycles. The molecule has 0 spiro atoms. The lowest BCUT2D eigenvalue weighted by Gasteiger charge is -1.99. The van der Waals surface area contributed by atoms with Crippen LogP contribution in [0.25, 0.3) is 0 Å². The molecule has 0 aliphatic rings. The minimum atomic E-state index is -0.559. The normalized spacial score (nSPS) is 10.1. The van der Waals surface area contributed by atoms with Gasteiger partial charge in [-0.3, -0.25) is 14.9 Å². The molecular formula is C10H7N3O4. The molecule has 2 aromatic rings. The minimum absolute atomic E-state index is 0.108. The van der Waals surface area contributed by atoms with Gasteiger partial charge in [-0.25, -0.2) is 9.36 Å². The van der Waals surface area contributed by atoms with E-state index < -0.39 is 16.5 Å². The molecule has 0 aliphatic heterocycles. The fraction of sp³-hybridized carbons (Fsp3) is 0. The number of imidazole rings is 1. The smallest absolute Gasteiger partial charge is 0.312 e. The van der Waals surface area contributed by atoms with Crippen LogP contribution in [0, 0.1) is 10.1 Å². The lowest BCUT2D eigenvalue weighted by molar-refractivity contribution is -0.384. The Morgan fingerprint density at radius 2 is 1.94 bits per heavy atom. The number of H-pyrrole nitrogens is 1. The highest BCUT2D eigenvalue weighted by atomic mass is 16.6. The predicted octanol–water partition coefficient (Wildman–Crippen LogP) is 0.773. The van der Waals surface area contributed by atoms with Gasteiger partial charge in [0.2, 0.25) is 0 Å². The summed E-state index contributed by atoms with van der Waals surface area (Å²) in [5.74, 6) is -0.536. The Labute approximate surface area is 94.5 Å². The van der Waals surface area contributed by atoms with Crippen molar-refractivity contribution >= 4 is 11.6 Å². The second-order valence-corrected chi connectivity index (χ2v) is 3.24. The molecular weight excluding hydrogens is 226 g/mol. The fourth-order valence-corrected chi connectivity index (χ4v) is 1.35. The fourth-order valence-electron chi connectivity index (χ4n) is 1.35. The van der Waals surface area contributed by atoms with Crippen molar-refractivity contribution in [1.29, 1.82) is 0 Å². The first-order chi connectivity index (χ1) is 8.09. The third-order valence-electron chi connectivity index (χ3n) is 2.19. The Morgan fingerprint density at radius 3 is 2.41 bits per heavy atom. The topological polar surface area (TPSA) is 98.0 Å². The van der Waals surface area contributed by atoms with Crippen molar-refractivity contribution < 1.29 is 9.72 Å². The molecule has 1 aromatic carbocycles. The van der Waals surface area contributed by atoms with E-state index in [1.165, 1.54) is 36.7 Å². The van der Waals surface area contributed by atoms with Crippen LogP contribution in [0.4, 0.5) is 5.69 Å². The average Bonchev–Trinajstić information content (AvgIpc) is 2.74. The maximum absolute atomic E-state index is 11.8. The molecule has 1 heterocycles. The second-order valence-electron chi connectivity index (χ2n) is 3.24. The number of nitro benzene ring substituents is 1. The Morgan fingerprint density at radius 1 is 1.29 bits per heavy atom. The lowest BCUT2D eigenvalue weighted by Crippen LogP contribution is -2.24. The Hall–Kier alpha value is -2.70. The zero-order valence-corrected chi connectivity index (χ0v) is 8.49. The van der Waals surface area contributed by atoms with Gasteiger partial charge in [0.15, 0.2) is 0 Å². The van der Waals surface area contributed by atoms with Crippen LogP contribution in [-0.2, 0) is 0 Å². The van der Waals surface area contributed by atoms with Gasteiger partial charge in [-0.05, 0) is 12.1 Å². The number of non-ortho nitro benzene ring substituents is 1. The first-order valence-electron chi connectivity index (χ1n) is 4.65. The summed E-state index contributed by atoms with van der Waals surface area (Å²) in [7, 11) is 0. The number of aromatic amines is 1. The minimum Gasteiger partial charge on any atom is -0.312 e. The first kappa shape index (κ1) is 10.8. The van der Waals surface area contributed by atoms with E-state index in [4.69, 9.17) is 0 Å². The number of rotatable bonds is 2. The summed E-state index contributed by atoms with van der Waals surface area (Å²) < 4.78 is 0.890. The molecule has 17 heavy (non-hydrogen) atoms. The highest BCUT2D eigenvalue weighted by Gasteiger charge is 2.12. The predicted molar refractivity (Wildman–Crippen MR) is 57.9 cm³/mol. The van der Waals surface area contributed by atoms with Crippen molar-refractivity contribution in [2.45, 2.75) is 0 Å².